The van der Waals surface area contributed by atoms with Crippen molar-refractivity contribution in [3.8, 4) is 0 Å². The molecule has 1 unspecified atom stereocenters. The normalized spacial score (nSPS) is 13.4. The Bertz CT molecular complexity index is 441. The van der Waals surface area contributed by atoms with Gasteiger partial charge in [-0.3, -0.25) is 0 Å². The van der Waals surface area contributed by atoms with E-state index in [0.29, 0.717) is 6.42 Å². The summed E-state index contributed by atoms with van der Waals surface area (Å²) in [5.74, 6) is 0.851. The number of hydrogen-bond acceptors (Lipinski definition) is 2. The molecule has 1 aromatic carbocycles. The van der Waals surface area contributed by atoms with Crippen molar-refractivity contribution in [1.29, 1.82) is 0 Å². The van der Waals surface area contributed by atoms with Crippen LogP contribution in [0.15, 0.2) is 28.7 Å². The minimum atomic E-state index is -0.351. The molecule has 0 aliphatic carbocycles. The minimum absolute atomic E-state index is 0.351. The van der Waals surface area contributed by atoms with E-state index in [1.165, 1.54) is 5.56 Å². The van der Waals surface area contributed by atoms with Crippen LogP contribution < -0.4 is 0 Å². The summed E-state index contributed by atoms with van der Waals surface area (Å²) in [5, 5.41) is 10.4. The fourth-order valence-corrected chi connectivity index (χ4v) is 1.65. The Morgan fingerprint density at radius 2 is 2.21 bits per heavy atom. The molecule has 1 heterocycles. The predicted molar refractivity (Wildman–Crippen MR) is 56.3 cm³/mol. The Morgan fingerprint density at radius 3 is 2.86 bits per heavy atom. The van der Waals surface area contributed by atoms with Crippen molar-refractivity contribution >= 4 is 11.0 Å². The molecule has 0 saturated heterocycles. The molecule has 0 fully saturated rings. The maximum Gasteiger partial charge on any atom is 0.134 e. The Labute approximate surface area is 83.2 Å². The van der Waals surface area contributed by atoms with Crippen molar-refractivity contribution in [3.05, 3.63) is 35.6 Å². The fourth-order valence-electron chi connectivity index (χ4n) is 1.65. The number of aliphatic hydroxyl groups is 1. The van der Waals surface area contributed by atoms with Gasteiger partial charge < -0.3 is 9.52 Å². The van der Waals surface area contributed by atoms with Crippen molar-refractivity contribution in [3.63, 3.8) is 0 Å². The summed E-state index contributed by atoms with van der Waals surface area (Å²) in [6, 6.07) is 8.00. The summed E-state index contributed by atoms with van der Waals surface area (Å²) in [6.45, 7) is 3.82. The second-order valence-corrected chi connectivity index (χ2v) is 3.75. The van der Waals surface area contributed by atoms with Gasteiger partial charge in [0.2, 0.25) is 0 Å². The third-order valence-electron chi connectivity index (χ3n) is 2.33. The van der Waals surface area contributed by atoms with Crippen LogP contribution in [0.3, 0.4) is 0 Å². The Morgan fingerprint density at radius 1 is 1.43 bits per heavy atom. The summed E-state index contributed by atoms with van der Waals surface area (Å²) in [5.41, 5.74) is 2.11. The highest BCUT2D eigenvalue weighted by molar-refractivity contribution is 5.81. The molecule has 2 nitrogen and oxygen atoms in total. The molecule has 0 radical (unpaired) electrons. The van der Waals surface area contributed by atoms with Gasteiger partial charge in [-0.05, 0) is 31.5 Å². The van der Waals surface area contributed by atoms with Crippen molar-refractivity contribution in [2.75, 3.05) is 0 Å². The van der Waals surface area contributed by atoms with Crippen LogP contribution >= 0.6 is 0 Å². The molecule has 0 aliphatic heterocycles. The largest absolute Gasteiger partial charge is 0.461 e. The highest BCUT2D eigenvalue weighted by atomic mass is 16.3. The van der Waals surface area contributed by atoms with Crippen LogP contribution in [0.2, 0.25) is 0 Å². The van der Waals surface area contributed by atoms with E-state index in [4.69, 9.17) is 4.42 Å². The Hall–Kier alpha value is -1.28. The van der Waals surface area contributed by atoms with Gasteiger partial charge in [0.1, 0.15) is 11.3 Å². The number of fused-ring (bicyclic) bond motifs is 1. The molecule has 2 rings (SSSR count). The summed E-state index contributed by atoms with van der Waals surface area (Å²) in [6.07, 6.45) is 0.226. The maximum atomic E-state index is 9.24. The second-order valence-electron chi connectivity index (χ2n) is 3.75. The summed E-state index contributed by atoms with van der Waals surface area (Å²) in [4.78, 5) is 0. The van der Waals surface area contributed by atoms with Gasteiger partial charge >= 0.3 is 0 Å². The van der Waals surface area contributed by atoms with Crippen LogP contribution in [-0.4, -0.2) is 11.2 Å². The molecule has 1 aromatic heterocycles. The standard InChI is InChI=1S/C12H14O2/c1-8-4-3-5-12-11(8)7-10(14-12)6-9(2)13/h3-5,7,9,13H,6H2,1-2H3. The van der Waals surface area contributed by atoms with Gasteiger partial charge in [-0.1, -0.05) is 12.1 Å². The Balaban J connectivity index is 2.46. The first kappa shape index (κ1) is 9.28. The monoisotopic (exact) mass is 190 g/mol. The van der Waals surface area contributed by atoms with E-state index in [0.717, 1.165) is 16.7 Å². The van der Waals surface area contributed by atoms with Crippen LogP contribution in [0.25, 0.3) is 11.0 Å². The van der Waals surface area contributed by atoms with Gasteiger partial charge in [0.15, 0.2) is 0 Å². The molecule has 0 amide bonds. The zero-order chi connectivity index (χ0) is 10.1. The number of benzene rings is 1. The van der Waals surface area contributed by atoms with Crippen molar-refractivity contribution in [2.24, 2.45) is 0 Å². The predicted octanol–water partition coefficient (Wildman–Crippen LogP) is 2.66. The fraction of sp³-hybridized carbons (Fsp3) is 0.333. The number of aryl methyl sites for hydroxylation is 1. The molecule has 1 N–H and O–H groups in total. The lowest BCUT2D eigenvalue weighted by atomic mass is 10.1. The van der Waals surface area contributed by atoms with Crippen LogP contribution in [-0.2, 0) is 6.42 Å². The first-order chi connectivity index (χ1) is 6.66. The van der Waals surface area contributed by atoms with Crippen LogP contribution in [0, 0.1) is 6.92 Å². The van der Waals surface area contributed by atoms with Gasteiger partial charge in [0.05, 0.1) is 6.10 Å². The summed E-state index contributed by atoms with van der Waals surface area (Å²) >= 11 is 0. The molecule has 0 spiro atoms. The Kier molecular flexibility index (Phi) is 2.30. The van der Waals surface area contributed by atoms with Crippen LogP contribution in [0.1, 0.15) is 18.2 Å². The molecule has 2 heteroatoms. The molecular weight excluding hydrogens is 176 g/mol. The van der Waals surface area contributed by atoms with E-state index < -0.39 is 0 Å². The highest BCUT2D eigenvalue weighted by Crippen LogP contribution is 2.23. The van der Waals surface area contributed by atoms with E-state index >= 15 is 0 Å². The van der Waals surface area contributed by atoms with Crippen molar-refractivity contribution in [2.45, 2.75) is 26.4 Å². The molecule has 2 aromatic rings. The third-order valence-corrected chi connectivity index (χ3v) is 2.33. The van der Waals surface area contributed by atoms with Gasteiger partial charge in [-0.2, -0.15) is 0 Å². The van der Waals surface area contributed by atoms with E-state index in [9.17, 15) is 5.11 Å². The number of furan rings is 1. The zero-order valence-corrected chi connectivity index (χ0v) is 8.45. The molecule has 14 heavy (non-hydrogen) atoms. The minimum Gasteiger partial charge on any atom is -0.461 e. The van der Waals surface area contributed by atoms with Crippen molar-refractivity contribution in [1.82, 2.24) is 0 Å². The number of aliphatic hydroxyl groups excluding tert-OH is 1. The third kappa shape index (κ3) is 1.66. The average molecular weight is 190 g/mol. The van der Waals surface area contributed by atoms with E-state index in [1.54, 1.807) is 6.92 Å². The van der Waals surface area contributed by atoms with Gasteiger partial charge in [-0.15, -0.1) is 0 Å². The first-order valence-electron chi connectivity index (χ1n) is 4.83. The molecule has 1 atom stereocenters. The molecule has 74 valence electrons. The van der Waals surface area contributed by atoms with E-state index in [-0.39, 0.29) is 6.10 Å². The number of hydrogen-bond donors (Lipinski definition) is 1. The molecule has 0 saturated carbocycles. The van der Waals surface area contributed by atoms with E-state index in [1.807, 2.05) is 18.2 Å². The van der Waals surface area contributed by atoms with Gasteiger partial charge in [0.25, 0.3) is 0 Å². The number of rotatable bonds is 2. The summed E-state index contributed by atoms with van der Waals surface area (Å²) < 4.78 is 5.60. The zero-order valence-electron chi connectivity index (χ0n) is 8.45. The lowest BCUT2D eigenvalue weighted by Crippen LogP contribution is -2.02. The molecular formula is C12H14O2. The van der Waals surface area contributed by atoms with Gasteiger partial charge in [-0.25, -0.2) is 0 Å². The molecule has 0 bridgehead atoms. The topological polar surface area (TPSA) is 33.4 Å². The van der Waals surface area contributed by atoms with E-state index in [2.05, 4.69) is 13.0 Å². The summed E-state index contributed by atoms with van der Waals surface area (Å²) in [7, 11) is 0. The maximum absolute atomic E-state index is 9.24. The van der Waals surface area contributed by atoms with Crippen LogP contribution in [0.4, 0.5) is 0 Å². The van der Waals surface area contributed by atoms with Gasteiger partial charge in [0, 0.05) is 11.8 Å². The SMILES string of the molecule is Cc1cccc2oc(CC(C)O)cc12. The average Bonchev–Trinajstić information content (AvgIpc) is 2.47. The molecule has 0 aliphatic rings. The van der Waals surface area contributed by atoms with Crippen LogP contribution in [0.5, 0.6) is 0 Å². The first-order valence-corrected chi connectivity index (χ1v) is 4.83. The highest BCUT2D eigenvalue weighted by Gasteiger charge is 2.07. The van der Waals surface area contributed by atoms with Crippen molar-refractivity contribution < 1.29 is 9.52 Å². The lowest BCUT2D eigenvalue weighted by Gasteiger charge is -1.97. The quantitative estimate of drug-likeness (QED) is 0.789. The second kappa shape index (κ2) is 3.46. The smallest absolute Gasteiger partial charge is 0.134 e. The lowest BCUT2D eigenvalue weighted by molar-refractivity contribution is 0.188.